The van der Waals surface area contributed by atoms with Gasteiger partial charge in [-0.2, -0.15) is 0 Å². The molecule has 0 aromatic rings. The van der Waals surface area contributed by atoms with Crippen LogP contribution in [0.25, 0.3) is 0 Å². The zero-order chi connectivity index (χ0) is 13.9. The summed E-state index contributed by atoms with van der Waals surface area (Å²) in [6, 6.07) is 0. The van der Waals surface area contributed by atoms with Gasteiger partial charge in [0, 0.05) is 14.0 Å². The summed E-state index contributed by atoms with van der Waals surface area (Å²) >= 11 is 0. The molecule has 1 saturated heterocycles. The van der Waals surface area contributed by atoms with E-state index >= 15 is 0 Å². The van der Waals surface area contributed by atoms with Gasteiger partial charge in [0.25, 0.3) is 0 Å². The Hall–Kier alpha value is -1.38. The Bertz CT molecular complexity index is 321. The highest BCUT2D eigenvalue weighted by Crippen LogP contribution is 2.26. The number of primary amides is 1. The fourth-order valence-electron chi connectivity index (χ4n) is 1.86. The average Bonchev–Trinajstić information content (AvgIpc) is 2.23. The van der Waals surface area contributed by atoms with Gasteiger partial charge >= 0.3 is 12.1 Å². The Morgan fingerprint density at radius 1 is 1.22 bits per heavy atom. The molecule has 8 heteroatoms. The maximum absolute atomic E-state index is 11.0. The molecule has 3 N–H and O–H groups in total. The van der Waals surface area contributed by atoms with Gasteiger partial charge in [0.1, 0.15) is 6.10 Å². The van der Waals surface area contributed by atoms with Crippen LogP contribution in [0.3, 0.4) is 0 Å². The van der Waals surface area contributed by atoms with E-state index in [9.17, 15) is 14.7 Å². The Morgan fingerprint density at radius 2 is 1.83 bits per heavy atom. The van der Waals surface area contributed by atoms with E-state index in [-0.39, 0.29) is 0 Å². The summed E-state index contributed by atoms with van der Waals surface area (Å²) in [5.74, 6) is -0.596. The second-order valence-electron chi connectivity index (χ2n) is 3.91. The Kier molecular flexibility index (Phi) is 4.88. The van der Waals surface area contributed by atoms with Crippen molar-refractivity contribution in [3.8, 4) is 0 Å². The normalized spacial score (nSPS) is 35.9. The first-order valence-corrected chi connectivity index (χ1v) is 5.36. The van der Waals surface area contributed by atoms with Gasteiger partial charge in [0.2, 0.25) is 0 Å². The van der Waals surface area contributed by atoms with Crippen LogP contribution in [0.15, 0.2) is 0 Å². The first kappa shape index (κ1) is 14.7. The van der Waals surface area contributed by atoms with Crippen molar-refractivity contribution in [2.75, 3.05) is 7.11 Å². The number of ether oxygens (including phenoxy) is 4. The van der Waals surface area contributed by atoms with E-state index in [0.717, 1.165) is 0 Å². The molecule has 1 fully saturated rings. The van der Waals surface area contributed by atoms with Crippen molar-refractivity contribution in [2.45, 2.75) is 44.6 Å². The number of rotatable bonds is 3. The molecule has 1 aliphatic heterocycles. The monoisotopic (exact) mass is 263 g/mol. The van der Waals surface area contributed by atoms with E-state index in [2.05, 4.69) is 0 Å². The number of methoxy groups -OCH3 is 1. The lowest BCUT2D eigenvalue weighted by molar-refractivity contribution is -0.285. The predicted molar refractivity (Wildman–Crippen MR) is 57.4 cm³/mol. The number of nitrogens with two attached hydrogens (primary N) is 1. The first-order valence-electron chi connectivity index (χ1n) is 5.36. The highest BCUT2D eigenvalue weighted by Gasteiger charge is 2.48. The van der Waals surface area contributed by atoms with Gasteiger partial charge in [0.05, 0.1) is 6.10 Å². The van der Waals surface area contributed by atoms with Gasteiger partial charge in [0.15, 0.2) is 18.5 Å². The lowest BCUT2D eigenvalue weighted by Gasteiger charge is -2.41. The molecule has 0 bridgehead atoms. The Morgan fingerprint density at radius 3 is 2.28 bits per heavy atom. The SMILES string of the molecule is CO[C@H]1C(O)O[C@@H](C)[C@@H](OC(N)=O)[C@H]1OC(C)=O. The molecule has 1 rings (SSSR count). The van der Waals surface area contributed by atoms with Crippen LogP contribution in [0.5, 0.6) is 0 Å². The Labute approximate surface area is 104 Å². The van der Waals surface area contributed by atoms with Crippen molar-refractivity contribution in [3.05, 3.63) is 0 Å². The molecule has 5 atom stereocenters. The molecule has 1 unspecified atom stereocenters. The number of amides is 1. The topological polar surface area (TPSA) is 117 Å². The molecule has 18 heavy (non-hydrogen) atoms. The van der Waals surface area contributed by atoms with Gasteiger partial charge in [-0.25, -0.2) is 4.79 Å². The molecule has 1 amide bonds. The van der Waals surface area contributed by atoms with Crippen LogP contribution in [0, 0.1) is 0 Å². The maximum Gasteiger partial charge on any atom is 0.405 e. The third kappa shape index (κ3) is 3.31. The van der Waals surface area contributed by atoms with Gasteiger partial charge in [-0.1, -0.05) is 0 Å². The van der Waals surface area contributed by atoms with E-state index in [1.165, 1.54) is 14.0 Å². The number of aliphatic hydroxyl groups is 1. The van der Waals surface area contributed by atoms with Crippen LogP contribution in [0.2, 0.25) is 0 Å². The molecule has 8 nitrogen and oxygen atoms in total. The largest absolute Gasteiger partial charge is 0.455 e. The van der Waals surface area contributed by atoms with Crippen LogP contribution in [-0.2, 0) is 23.7 Å². The van der Waals surface area contributed by atoms with Crippen LogP contribution < -0.4 is 5.73 Å². The van der Waals surface area contributed by atoms with E-state index in [1.807, 2.05) is 0 Å². The molecular weight excluding hydrogens is 246 g/mol. The minimum absolute atomic E-state index is 0.596. The van der Waals surface area contributed by atoms with Crippen LogP contribution >= 0.6 is 0 Å². The highest BCUT2D eigenvalue weighted by atomic mass is 16.7. The van der Waals surface area contributed by atoms with Gasteiger partial charge in [-0.05, 0) is 6.92 Å². The number of aliphatic hydroxyl groups excluding tert-OH is 1. The fourth-order valence-corrected chi connectivity index (χ4v) is 1.86. The summed E-state index contributed by atoms with van der Waals surface area (Å²) in [7, 11) is 1.31. The number of hydrogen-bond donors (Lipinski definition) is 2. The number of carbonyl (C=O) groups excluding carboxylic acids is 2. The van der Waals surface area contributed by atoms with E-state index in [1.54, 1.807) is 6.92 Å². The van der Waals surface area contributed by atoms with E-state index < -0.39 is 42.8 Å². The standard InChI is InChI=1S/C10H17NO7/c1-4-6(18-10(11)14)7(17-5(2)12)8(15-3)9(13)16-4/h4,6-9,13H,1-3H3,(H2,11,14)/t4-,6+,7+,8+,9?/m0/s1. The van der Waals surface area contributed by atoms with Crippen molar-refractivity contribution in [1.29, 1.82) is 0 Å². The van der Waals surface area contributed by atoms with Crippen LogP contribution in [0.1, 0.15) is 13.8 Å². The molecule has 1 heterocycles. The van der Waals surface area contributed by atoms with Crippen molar-refractivity contribution >= 4 is 12.1 Å². The molecule has 0 aliphatic carbocycles. The van der Waals surface area contributed by atoms with Crippen molar-refractivity contribution in [3.63, 3.8) is 0 Å². The zero-order valence-corrected chi connectivity index (χ0v) is 10.4. The molecular formula is C10H17NO7. The second-order valence-corrected chi connectivity index (χ2v) is 3.91. The van der Waals surface area contributed by atoms with Crippen LogP contribution in [-0.4, -0.2) is 55.0 Å². The third-order valence-corrected chi connectivity index (χ3v) is 2.57. The fraction of sp³-hybridized carbons (Fsp3) is 0.800. The molecule has 0 radical (unpaired) electrons. The quantitative estimate of drug-likeness (QED) is 0.636. The highest BCUT2D eigenvalue weighted by molar-refractivity contribution is 5.67. The molecule has 0 spiro atoms. The first-order chi connectivity index (χ1) is 8.36. The molecule has 0 aromatic heterocycles. The number of carbonyl (C=O) groups is 2. The minimum Gasteiger partial charge on any atom is -0.455 e. The predicted octanol–water partition coefficient (Wildman–Crippen LogP) is -0.866. The lowest BCUT2D eigenvalue weighted by Crippen LogP contribution is -2.60. The summed E-state index contributed by atoms with van der Waals surface area (Å²) in [5.41, 5.74) is 4.94. The number of esters is 1. The lowest BCUT2D eigenvalue weighted by atomic mass is 9.99. The summed E-state index contributed by atoms with van der Waals surface area (Å²) in [4.78, 5) is 21.9. The maximum atomic E-state index is 11.0. The van der Waals surface area contributed by atoms with E-state index in [0.29, 0.717) is 0 Å². The van der Waals surface area contributed by atoms with Gasteiger partial charge in [-0.15, -0.1) is 0 Å². The molecule has 1 aliphatic rings. The summed E-state index contributed by atoms with van der Waals surface area (Å²) in [5, 5.41) is 9.66. The van der Waals surface area contributed by atoms with Crippen molar-refractivity contribution in [2.24, 2.45) is 5.73 Å². The van der Waals surface area contributed by atoms with Gasteiger partial charge in [-0.3, -0.25) is 4.79 Å². The second kappa shape index (κ2) is 5.98. The zero-order valence-electron chi connectivity index (χ0n) is 10.4. The molecule has 0 aromatic carbocycles. The number of hydrogen-bond acceptors (Lipinski definition) is 7. The summed E-state index contributed by atoms with van der Waals surface area (Å²) in [6.07, 6.45) is -5.91. The smallest absolute Gasteiger partial charge is 0.405 e. The van der Waals surface area contributed by atoms with Crippen molar-refractivity contribution in [1.82, 2.24) is 0 Å². The molecule has 0 saturated carbocycles. The summed E-state index contributed by atoms with van der Waals surface area (Å²) in [6.45, 7) is 2.75. The Balaban J connectivity index is 2.93. The van der Waals surface area contributed by atoms with Crippen LogP contribution in [0.4, 0.5) is 4.79 Å². The summed E-state index contributed by atoms with van der Waals surface area (Å²) < 4.78 is 20.0. The van der Waals surface area contributed by atoms with E-state index in [4.69, 9.17) is 24.7 Å². The van der Waals surface area contributed by atoms with Crippen molar-refractivity contribution < 1.29 is 33.6 Å². The minimum atomic E-state index is -1.29. The van der Waals surface area contributed by atoms with Gasteiger partial charge < -0.3 is 29.8 Å². The third-order valence-electron chi connectivity index (χ3n) is 2.57. The average molecular weight is 263 g/mol. The molecule has 104 valence electrons.